The summed E-state index contributed by atoms with van der Waals surface area (Å²) < 4.78 is 39.8. The number of rotatable bonds is 10. The molecule has 0 radical (unpaired) electrons. The lowest BCUT2D eigenvalue weighted by atomic mass is 9.98. The van der Waals surface area contributed by atoms with Gasteiger partial charge in [0.15, 0.2) is 24.6 Å². The molecule has 5 atom stereocenters. The van der Waals surface area contributed by atoms with E-state index in [-0.39, 0.29) is 19.8 Å². The number of para-hydroxylation sites is 1. The van der Waals surface area contributed by atoms with E-state index in [9.17, 15) is 19.2 Å². The molecule has 1 aliphatic heterocycles. The average Bonchev–Trinajstić information content (AvgIpc) is 2.74. The number of hydrogen-bond acceptors (Lipinski definition) is 11. The molecule has 194 valence electrons. The summed E-state index contributed by atoms with van der Waals surface area (Å²) in [4.78, 5) is 46.8. The van der Waals surface area contributed by atoms with E-state index in [1.165, 1.54) is 6.92 Å². The summed E-state index contributed by atoms with van der Waals surface area (Å²) in [5.74, 6) is -2.20. The van der Waals surface area contributed by atoms with Crippen LogP contribution in [0.3, 0.4) is 0 Å². The van der Waals surface area contributed by atoms with Crippen LogP contribution in [0, 0.1) is 0 Å². The predicted octanol–water partition coefficient (Wildman–Crippen LogP) is 2.69. The first kappa shape index (κ1) is 29.0. The van der Waals surface area contributed by atoms with Crippen molar-refractivity contribution in [2.75, 3.05) is 19.8 Å². The van der Waals surface area contributed by atoms with Gasteiger partial charge in [-0.2, -0.15) is 0 Å². The number of esters is 4. The Bertz CT molecular complexity index is 902. The Morgan fingerprint density at radius 3 is 1.89 bits per heavy atom. The normalized spacial score (nSPS) is 23.7. The molecule has 11 nitrogen and oxygen atoms in total. The van der Waals surface area contributed by atoms with E-state index in [1.807, 2.05) is 6.07 Å². The average molecular weight is 626 g/mol. The topological polar surface area (TPSA) is 133 Å². The Morgan fingerprint density at radius 1 is 0.800 bits per heavy atom. The summed E-state index contributed by atoms with van der Waals surface area (Å²) in [7, 11) is 0. The lowest BCUT2D eigenvalue weighted by molar-refractivity contribution is -0.308. The second kappa shape index (κ2) is 13.8. The van der Waals surface area contributed by atoms with Gasteiger partial charge >= 0.3 is 23.9 Å². The van der Waals surface area contributed by atoms with Crippen LogP contribution in [-0.2, 0) is 47.6 Å². The molecule has 2 rings (SSSR count). The first-order valence-corrected chi connectivity index (χ1v) is 12.1. The van der Waals surface area contributed by atoms with Crippen molar-refractivity contribution < 1.29 is 52.3 Å². The number of carbonyl (C=O) groups is 4. The minimum absolute atomic E-state index is 0.0263. The van der Waals surface area contributed by atoms with Crippen LogP contribution in [-0.4, -0.2) is 74.4 Å². The van der Waals surface area contributed by atoms with Gasteiger partial charge in [-0.25, -0.2) is 0 Å². The molecule has 0 bridgehead atoms. The van der Waals surface area contributed by atoms with E-state index in [1.54, 1.807) is 12.1 Å². The zero-order valence-electron chi connectivity index (χ0n) is 19.5. The van der Waals surface area contributed by atoms with Gasteiger partial charge in [-0.05, 0) is 44.0 Å². The zero-order valence-corrected chi connectivity index (χ0v) is 22.7. The van der Waals surface area contributed by atoms with Gasteiger partial charge in [0.1, 0.15) is 25.1 Å². The van der Waals surface area contributed by atoms with Crippen LogP contribution >= 0.6 is 31.9 Å². The second-order valence-corrected chi connectivity index (χ2v) is 9.05. The van der Waals surface area contributed by atoms with Crippen molar-refractivity contribution in [1.82, 2.24) is 0 Å². The molecule has 0 spiro atoms. The Kier molecular flexibility index (Phi) is 11.4. The maximum Gasteiger partial charge on any atom is 0.303 e. The Labute approximate surface area is 218 Å². The van der Waals surface area contributed by atoms with Crippen LogP contribution in [0.25, 0.3) is 0 Å². The molecule has 1 aromatic carbocycles. The first-order chi connectivity index (χ1) is 16.5. The Balaban J connectivity index is 2.24. The molecule has 0 saturated carbocycles. The fourth-order valence-electron chi connectivity index (χ4n) is 3.25. The summed E-state index contributed by atoms with van der Waals surface area (Å²) in [6, 6.07) is 5.44. The SMILES string of the molecule is CC(=O)OC[C@H]1O[C@H](OCCOc2c(Br)cccc2Br)[C@H](OC(C)=O)[C@@H](OC(C)=O)[C@@H]1OC(C)=O. The van der Waals surface area contributed by atoms with E-state index < -0.39 is 54.6 Å². The highest BCUT2D eigenvalue weighted by Gasteiger charge is 2.52. The fourth-order valence-corrected chi connectivity index (χ4v) is 4.48. The summed E-state index contributed by atoms with van der Waals surface area (Å²) in [5.41, 5.74) is 0. The molecular weight excluding hydrogens is 600 g/mol. The second-order valence-electron chi connectivity index (χ2n) is 7.34. The molecule has 1 heterocycles. The van der Waals surface area contributed by atoms with Crippen molar-refractivity contribution in [3.63, 3.8) is 0 Å². The molecule has 0 aliphatic carbocycles. The van der Waals surface area contributed by atoms with Crippen molar-refractivity contribution in [2.45, 2.75) is 58.4 Å². The summed E-state index contributed by atoms with van der Waals surface area (Å²) in [5, 5.41) is 0. The molecular formula is C22H26Br2O11. The molecule has 1 aliphatic rings. The van der Waals surface area contributed by atoms with E-state index in [2.05, 4.69) is 31.9 Å². The van der Waals surface area contributed by atoms with Crippen molar-refractivity contribution >= 4 is 55.7 Å². The largest absolute Gasteiger partial charge is 0.489 e. The monoisotopic (exact) mass is 624 g/mol. The Hall–Kier alpha value is -2.22. The minimum Gasteiger partial charge on any atom is -0.489 e. The van der Waals surface area contributed by atoms with Crippen LogP contribution in [0.4, 0.5) is 0 Å². The van der Waals surface area contributed by atoms with Gasteiger partial charge in [0.2, 0.25) is 0 Å². The first-order valence-electron chi connectivity index (χ1n) is 10.5. The lowest BCUT2D eigenvalue weighted by Gasteiger charge is -2.44. The molecule has 1 saturated heterocycles. The third-order valence-corrected chi connectivity index (χ3v) is 5.73. The summed E-state index contributed by atoms with van der Waals surface area (Å²) >= 11 is 6.79. The van der Waals surface area contributed by atoms with Gasteiger partial charge < -0.3 is 33.2 Å². The lowest BCUT2D eigenvalue weighted by Crippen LogP contribution is -2.63. The van der Waals surface area contributed by atoms with Crippen LogP contribution in [0.1, 0.15) is 27.7 Å². The van der Waals surface area contributed by atoms with Crippen LogP contribution < -0.4 is 4.74 Å². The van der Waals surface area contributed by atoms with E-state index in [4.69, 9.17) is 33.2 Å². The quantitative estimate of drug-likeness (QED) is 0.216. The van der Waals surface area contributed by atoms with E-state index in [0.29, 0.717) is 5.75 Å². The minimum atomic E-state index is -1.29. The molecule has 0 N–H and O–H groups in total. The van der Waals surface area contributed by atoms with Gasteiger partial charge in [-0.1, -0.05) is 6.07 Å². The number of halogens is 2. The predicted molar refractivity (Wildman–Crippen MR) is 125 cm³/mol. The Morgan fingerprint density at radius 2 is 1.34 bits per heavy atom. The van der Waals surface area contributed by atoms with Crippen LogP contribution in [0.15, 0.2) is 27.1 Å². The maximum atomic E-state index is 11.8. The molecule has 1 aromatic rings. The van der Waals surface area contributed by atoms with E-state index in [0.717, 1.165) is 29.7 Å². The highest BCUT2D eigenvalue weighted by atomic mass is 79.9. The van der Waals surface area contributed by atoms with Gasteiger partial charge in [0, 0.05) is 27.7 Å². The highest BCUT2D eigenvalue weighted by molar-refractivity contribution is 9.11. The zero-order chi connectivity index (χ0) is 26.1. The molecule has 0 unspecified atom stereocenters. The highest BCUT2D eigenvalue weighted by Crippen LogP contribution is 2.33. The summed E-state index contributed by atoms with van der Waals surface area (Å²) in [6.07, 6.45) is -6.17. The number of carbonyl (C=O) groups excluding carboxylic acids is 4. The van der Waals surface area contributed by atoms with Gasteiger partial charge in [-0.15, -0.1) is 0 Å². The van der Waals surface area contributed by atoms with Gasteiger partial charge in [-0.3, -0.25) is 19.2 Å². The van der Waals surface area contributed by atoms with Crippen LogP contribution in [0.2, 0.25) is 0 Å². The smallest absolute Gasteiger partial charge is 0.303 e. The van der Waals surface area contributed by atoms with Crippen molar-refractivity contribution in [1.29, 1.82) is 0 Å². The third-order valence-electron chi connectivity index (χ3n) is 4.48. The van der Waals surface area contributed by atoms with Crippen LogP contribution in [0.5, 0.6) is 5.75 Å². The maximum absolute atomic E-state index is 11.8. The van der Waals surface area contributed by atoms with Gasteiger partial charge in [0.05, 0.1) is 15.6 Å². The van der Waals surface area contributed by atoms with Gasteiger partial charge in [0.25, 0.3) is 0 Å². The molecule has 0 amide bonds. The van der Waals surface area contributed by atoms with Crippen molar-refractivity contribution in [2.24, 2.45) is 0 Å². The van der Waals surface area contributed by atoms with Crippen molar-refractivity contribution in [3.8, 4) is 5.75 Å². The summed E-state index contributed by atoms with van der Waals surface area (Å²) in [6.45, 7) is 4.36. The third kappa shape index (κ3) is 9.06. The fraction of sp³-hybridized carbons (Fsp3) is 0.545. The molecule has 13 heteroatoms. The molecule has 0 aromatic heterocycles. The number of hydrogen-bond donors (Lipinski definition) is 0. The molecule has 35 heavy (non-hydrogen) atoms. The van der Waals surface area contributed by atoms with Crippen molar-refractivity contribution in [3.05, 3.63) is 27.1 Å². The number of benzene rings is 1. The molecule has 1 fully saturated rings. The standard InChI is InChI=1S/C22H26Br2O11/c1-11(25)31-10-17-19(32-12(2)26)20(33-13(3)27)21(34-14(4)28)22(35-17)30-9-8-29-18-15(23)6-5-7-16(18)24/h5-7,17,19-22H,8-10H2,1-4H3/t17-,19-,20+,21-,22+/m1/s1. The number of ether oxygens (including phenoxy) is 7. The van der Waals surface area contributed by atoms with E-state index >= 15 is 0 Å².